The molecular formula is C9H5N5S4. The van der Waals surface area contributed by atoms with Crippen LogP contribution in [0.2, 0.25) is 0 Å². The monoisotopic (exact) mass is 311 g/mol. The first kappa shape index (κ1) is 11.8. The molecule has 2 N–H and O–H groups in total. The Morgan fingerprint density at radius 2 is 1.39 bits per heavy atom. The first-order valence-corrected chi connectivity index (χ1v) is 7.26. The van der Waals surface area contributed by atoms with Gasteiger partial charge in [-0.05, 0) is 36.6 Å². The topological polar surface area (TPSA) is 70.2 Å². The minimum atomic E-state index is 0.632. The highest BCUT2D eigenvalue weighted by Crippen LogP contribution is 2.24. The highest BCUT2D eigenvalue weighted by atomic mass is 32.2. The quantitative estimate of drug-likeness (QED) is 0.709. The van der Waals surface area contributed by atoms with E-state index in [4.69, 9.17) is 24.4 Å². The average molecular weight is 311 g/mol. The Morgan fingerprint density at radius 1 is 0.889 bits per heavy atom. The fourth-order valence-electron chi connectivity index (χ4n) is 1.35. The first-order chi connectivity index (χ1) is 8.72. The number of hydrogen-bond donors (Lipinski definition) is 2. The molecule has 0 saturated heterocycles. The minimum Gasteiger partial charge on any atom is -0.258 e. The lowest BCUT2D eigenvalue weighted by Gasteiger charge is -1.97. The highest BCUT2D eigenvalue weighted by molar-refractivity contribution is 7.73. The number of nitrogens with one attached hydrogen (secondary N) is 2. The minimum absolute atomic E-state index is 0.632. The third-order valence-electron chi connectivity index (χ3n) is 2.06. The summed E-state index contributed by atoms with van der Waals surface area (Å²) in [6.45, 7) is 0. The third kappa shape index (κ3) is 2.29. The molecule has 9 heteroatoms. The van der Waals surface area contributed by atoms with Crippen molar-refractivity contribution in [1.29, 1.82) is 0 Å². The van der Waals surface area contributed by atoms with E-state index in [2.05, 4.69) is 25.4 Å². The second-order valence-corrected chi connectivity index (χ2v) is 6.58. The van der Waals surface area contributed by atoms with Gasteiger partial charge in [0.05, 0.1) is 0 Å². The molecule has 18 heavy (non-hydrogen) atoms. The molecule has 90 valence electrons. The van der Waals surface area contributed by atoms with Gasteiger partial charge in [0, 0.05) is 0 Å². The molecule has 0 amide bonds. The van der Waals surface area contributed by atoms with Crippen molar-refractivity contribution >= 4 is 47.1 Å². The first-order valence-electron chi connectivity index (χ1n) is 4.81. The van der Waals surface area contributed by atoms with Crippen molar-refractivity contribution in [2.75, 3.05) is 0 Å². The molecule has 0 spiro atoms. The molecule has 0 bridgehead atoms. The van der Waals surface area contributed by atoms with E-state index >= 15 is 0 Å². The Kier molecular flexibility index (Phi) is 3.12. The summed E-state index contributed by atoms with van der Waals surface area (Å²) in [5.74, 6) is 0. The summed E-state index contributed by atoms with van der Waals surface area (Å²) in [5, 5.41) is 15.2. The van der Waals surface area contributed by atoms with Crippen LogP contribution < -0.4 is 0 Å². The molecule has 0 aliphatic carbocycles. The summed E-state index contributed by atoms with van der Waals surface area (Å²) in [4.78, 5) is 4.50. The van der Waals surface area contributed by atoms with Crippen LogP contribution in [0.15, 0.2) is 18.2 Å². The number of aromatic nitrogens is 5. The molecule has 0 radical (unpaired) electrons. The second-order valence-electron chi connectivity index (χ2n) is 3.24. The molecule has 0 fully saturated rings. The predicted molar refractivity (Wildman–Crippen MR) is 76.8 cm³/mol. The van der Waals surface area contributed by atoms with E-state index in [1.165, 1.54) is 22.7 Å². The zero-order chi connectivity index (χ0) is 12.5. The van der Waals surface area contributed by atoms with Gasteiger partial charge in [-0.2, -0.15) is 10.2 Å². The van der Waals surface area contributed by atoms with Gasteiger partial charge in [-0.3, -0.25) is 10.2 Å². The van der Waals surface area contributed by atoms with Gasteiger partial charge in [-0.15, -0.1) is 0 Å². The van der Waals surface area contributed by atoms with E-state index in [1.54, 1.807) is 0 Å². The van der Waals surface area contributed by atoms with Crippen molar-refractivity contribution in [1.82, 2.24) is 25.4 Å². The van der Waals surface area contributed by atoms with Crippen LogP contribution in [-0.2, 0) is 0 Å². The Balaban J connectivity index is 2.09. The fourth-order valence-corrected chi connectivity index (χ4v) is 3.07. The van der Waals surface area contributed by atoms with E-state index in [0.29, 0.717) is 7.91 Å². The van der Waals surface area contributed by atoms with Gasteiger partial charge in [-0.25, -0.2) is 4.98 Å². The Hall–Kier alpha value is -1.29. The van der Waals surface area contributed by atoms with Crippen LogP contribution in [0.3, 0.4) is 0 Å². The number of H-pyrrole nitrogens is 2. The molecule has 0 unspecified atom stereocenters. The second kappa shape index (κ2) is 4.76. The molecule has 3 aromatic rings. The Bertz CT molecular complexity index is 732. The summed E-state index contributed by atoms with van der Waals surface area (Å²) < 4.78 is 1.26. The van der Waals surface area contributed by atoms with Gasteiger partial charge in [0.25, 0.3) is 0 Å². The van der Waals surface area contributed by atoms with Gasteiger partial charge in [0.1, 0.15) is 11.4 Å². The lowest BCUT2D eigenvalue weighted by atomic mass is 10.3. The number of pyridine rings is 1. The number of rotatable bonds is 2. The Labute approximate surface area is 120 Å². The molecule has 0 aliphatic heterocycles. The summed E-state index contributed by atoms with van der Waals surface area (Å²) >= 11 is 12.8. The van der Waals surface area contributed by atoms with Gasteiger partial charge >= 0.3 is 0 Å². The summed E-state index contributed by atoms with van der Waals surface area (Å²) in [5.41, 5.74) is 1.54. The number of aromatic amines is 2. The maximum absolute atomic E-state index is 5.01. The summed E-state index contributed by atoms with van der Waals surface area (Å²) in [7, 11) is 0. The van der Waals surface area contributed by atoms with Crippen molar-refractivity contribution in [2.24, 2.45) is 0 Å². The van der Waals surface area contributed by atoms with Crippen molar-refractivity contribution in [3.8, 4) is 21.4 Å². The molecule has 5 nitrogen and oxygen atoms in total. The molecule has 0 atom stereocenters. The molecule has 3 rings (SSSR count). The molecule has 0 saturated carbocycles. The highest BCUT2D eigenvalue weighted by Gasteiger charge is 2.08. The van der Waals surface area contributed by atoms with Crippen LogP contribution in [-0.4, -0.2) is 25.4 Å². The van der Waals surface area contributed by atoms with Crippen molar-refractivity contribution < 1.29 is 0 Å². The number of nitrogens with zero attached hydrogens (tertiary/aromatic N) is 3. The zero-order valence-corrected chi connectivity index (χ0v) is 12.0. The van der Waals surface area contributed by atoms with Crippen molar-refractivity contribution in [3.63, 3.8) is 0 Å². The van der Waals surface area contributed by atoms with Gasteiger partial charge in [0.15, 0.2) is 17.9 Å². The van der Waals surface area contributed by atoms with Gasteiger partial charge in [-0.1, -0.05) is 28.7 Å². The molecule has 3 heterocycles. The maximum atomic E-state index is 5.01. The van der Waals surface area contributed by atoms with Crippen molar-refractivity contribution in [2.45, 2.75) is 0 Å². The predicted octanol–water partition coefficient (Wildman–Crippen LogP) is 3.44. The van der Waals surface area contributed by atoms with E-state index in [9.17, 15) is 0 Å². The van der Waals surface area contributed by atoms with Crippen LogP contribution >= 0.6 is 47.1 Å². The average Bonchev–Trinajstić information content (AvgIpc) is 2.98. The van der Waals surface area contributed by atoms with Crippen LogP contribution in [0.1, 0.15) is 0 Å². The van der Waals surface area contributed by atoms with Crippen LogP contribution in [0.25, 0.3) is 21.4 Å². The molecule has 0 aromatic carbocycles. The van der Waals surface area contributed by atoms with Crippen molar-refractivity contribution in [3.05, 3.63) is 26.1 Å². The summed E-state index contributed by atoms with van der Waals surface area (Å²) in [6.07, 6.45) is 0. The van der Waals surface area contributed by atoms with Crippen LogP contribution in [0.4, 0.5) is 0 Å². The Morgan fingerprint density at radius 3 is 1.78 bits per heavy atom. The van der Waals surface area contributed by atoms with E-state index < -0.39 is 0 Å². The largest absolute Gasteiger partial charge is 0.258 e. The van der Waals surface area contributed by atoms with Gasteiger partial charge < -0.3 is 0 Å². The standard InChI is InChI=1S/C9H5N5S4/c15-8-13-11-6(17-8)4-2-1-3-5(10-4)7-12-14-9(16)18-7/h1-3H,(H,13,15)(H,14,16). The van der Waals surface area contributed by atoms with E-state index in [-0.39, 0.29) is 0 Å². The fraction of sp³-hybridized carbons (Fsp3) is 0. The smallest absolute Gasteiger partial charge is 0.176 e. The SMILES string of the molecule is S=c1[nH]nc(-c2cccc(-c3n[nH]c(=S)s3)n2)s1. The molecule has 3 aromatic heterocycles. The maximum Gasteiger partial charge on any atom is 0.176 e. The van der Waals surface area contributed by atoms with Gasteiger partial charge in [0.2, 0.25) is 0 Å². The third-order valence-corrected chi connectivity index (χ3v) is 4.29. The summed E-state index contributed by atoms with van der Waals surface area (Å²) in [6, 6.07) is 5.68. The van der Waals surface area contributed by atoms with Crippen LogP contribution in [0.5, 0.6) is 0 Å². The number of hydrogen-bond acceptors (Lipinski definition) is 7. The molecule has 0 aliphatic rings. The normalized spacial score (nSPS) is 10.7. The molecular weight excluding hydrogens is 306 g/mol. The van der Waals surface area contributed by atoms with E-state index in [0.717, 1.165) is 21.4 Å². The van der Waals surface area contributed by atoms with Crippen LogP contribution in [0, 0.1) is 7.91 Å². The lowest BCUT2D eigenvalue weighted by Crippen LogP contribution is -1.87. The zero-order valence-electron chi connectivity index (χ0n) is 8.71. The van der Waals surface area contributed by atoms with E-state index in [1.807, 2.05) is 18.2 Å². The lowest BCUT2D eigenvalue weighted by molar-refractivity contribution is 1.07.